The van der Waals surface area contributed by atoms with Gasteiger partial charge in [0.05, 0.1) is 6.26 Å². The molecule has 0 unspecified atom stereocenters. The Labute approximate surface area is 65.0 Å². The fourth-order valence-corrected chi connectivity index (χ4v) is 0.641. The van der Waals surface area contributed by atoms with E-state index in [0.29, 0.717) is 18.1 Å². The van der Waals surface area contributed by atoms with E-state index in [1.165, 1.54) is 0 Å². The van der Waals surface area contributed by atoms with Crippen LogP contribution in [-0.2, 0) is 0 Å². The summed E-state index contributed by atoms with van der Waals surface area (Å²) in [6.07, 6.45) is 2.31. The third-order valence-corrected chi connectivity index (χ3v) is 1.14. The topological polar surface area (TPSA) is 13.1 Å². The summed E-state index contributed by atoms with van der Waals surface area (Å²) < 4.78 is 4.96. The Balaban J connectivity index is 2.49. The van der Waals surface area contributed by atoms with Crippen LogP contribution in [0.25, 0.3) is 0 Å². The lowest BCUT2D eigenvalue weighted by molar-refractivity contribution is 0.554. The lowest BCUT2D eigenvalue weighted by atomic mass is 10.4. The summed E-state index contributed by atoms with van der Waals surface area (Å²) in [5, 5.41) is 0. The van der Waals surface area contributed by atoms with Gasteiger partial charge in [-0.15, -0.1) is 11.6 Å². The van der Waals surface area contributed by atoms with Gasteiger partial charge in [-0.2, -0.15) is 0 Å². The molecule has 1 heterocycles. The fraction of sp³-hybridized carbons (Fsp3) is 0.250. The molecule has 0 spiro atoms. The van der Waals surface area contributed by atoms with Gasteiger partial charge in [-0.1, -0.05) is 5.92 Å². The highest BCUT2D eigenvalue weighted by Crippen LogP contribution is 1.96. The predicted octanol–water partition coefficient (Wildman–Crippen LogP) is 2.26. The molecule has 1 rings (SSSR count). The molecule has 0 aliphatic heterocycles. The average molecular weight is 155 g/mol. The summed E-state index contributed by atoms with van der Waals surface area (Å²) in [5.74, 6) is 6.96. The Hall–Kier alpha value is -0.870. The number of hydrogen-bond acceptors (Lipinski definition) is 1. The predicted molar refractivity (Wildman–Crippen MR) is 40.9 cm³/mol. The molecule has 0 fully saturated rings. The van der Waals surface area contributed by atoms with E-state index in [1.807, 2.05) is 12.1 Å². The van der Waals surface area contributed by atoms with E-state index in [-0.39, 0.29) is 0 Å². The van der Waals surface area contributed by atoms with Crippen LogP contribution in [0.3, 0.4) is 0 Å². The fourth-order valence-electron chi connectivity index (χ4n) is 0.547. The van der Waals surface area contributed by atoms with E-state index in [9.17, 15) is 0 Å². The van der Waals surface area contributed by atoms with Gasteiger partial charge in [0, 0.05) is 12.3 Å². The average Bonchev–Trinajstić information content (AvgIpc) is 2.41. The second kappa shape index (κ2) is 4.03. The van der Waals surface area contributed by atoms with Gasteiger partial charge in [-0.3, -0.25) is 0 Å². The van der Waals surface area contributed by atoms with Crippen LogP contribution in [0.2, 0.25) is 0 Å². The van der Waals surface area contributed by atoms with Crippen molar-refractivity contribution in [1.82, 2.24) is 0 Å². The third kappa shape index (κ3) is 2.16. The molecule has 1 aromatic heterocycles. The molecule has 0 atom stereocenters. The zero-order valence-electron chi connectivity index (χ0n) is 5.43. The molecular weight excluding hydrogens is 148 g/mol. The molecule has 52 valence electrons. The van der Waals surface area contributed by atoms with E-state index in [0.717, 1.165) is 0 Å². The first kappa shape index (κ1) is 7.24. The van der Waals surface area contributed by atoms with Crippen molar-refractivity contribution in [2.24, 2.45) is 0 Å². The van der Waals surface area contributed by atoms with Crippen molar-refractivity contribution < 1.29 is 4.42 Å². The molecule has 0 bridgehead atoms. The van der Waals surface area contributed by atoms with Gasteiger partial charge < -0.3 is 4.42 Å². The smallest absolute Gasteiger partial charge is 0.176 e. The Morgan fingerprint density at radius 2 is 2.50 bits per heavy atom. The number of rotatable bonds is 1. The Morgan fingerprint density at radius 3 is 3.10 bits per heavy atom. The lowest BCUT2D eigenvalue weighted by Crippen LogP contribution is -1.67. The second-order valence-electron chi connectivity index (χ2n) is 1.72. The molecule has 0 radical (unpaired) electrons. The van der Waals surface area contributed by atoms with Gasteiger partial charge in [0.25, 0.3) is 0 Å². The van der Waals surface area contributed by atoms with E-state index in [2.05, 4.69) is 11.8 Å². The minimum absolute atomic E-state index is 0.577. The summed E-state index contributed by atoms with van der Waals surface area (Å²) in [6, 6.07) is 3.63. The number of furan rings is 1. The van der Waals surface area contributed by atoms with E-state index in [1.54, 1.807) is 6.26 Å². The summed E-state index contributed by atoms with van der Waals surface area (Å²) >= 11 is 5.41. The minimum Gasteiger partial charge on any atom is -0.456 e. The second-order valence-corrected chi connectivity index (χ2v) is 2.10. The van der Waals surface area contributed by atoms with Gasteiger partial charge in [0.15, 0.2) is 5.76 Å². The van der Waals surface area contributed by atoms with Crippen molar-refractivity contribution in [3.63, 3.8) is 0 Å². The Bertz CT molecular complexity index is 228. The van der Waals surface area contributed by atoms with Crippen LogP contribution in [0.4, 0.5) is 0 Å². The molecule has 1 nitrogen and oxygen atoms in total. The monoisotopic (exact) mass is 154 g/mol. The molecule has 0 saturated heterocycles. The largest absolute Gasteiger partial charge is 0.456 e. The molecule has 1 aromatic rings. The molecule has 0 saturated carbocycles. The summed E-state index contributed by atoms with van der Waals surface area (Å²) in [6.45, 7) is 0. The molecule has 0 aliphatic rings. The van der Waals surface area contributed by atoms with Crippen LogP contribution in [-0.4, -0.2) is 5.88 Å². The highest BCUT2D eigenvalue weighted by atomic mass is 35.5. The molecule has 0 N–H and O–H groups in total. The highest BCUT2D eigenvalue weighted by Gasteiger charge is 1.83. The SMILES string of the molecule is ClCCC#Cc1ccco1. The van der Waals surface area contributed by atoms with Gasteiger partial charge in [-0.05, 0) is 18.1 Å². The first-order valence-electron chi connectivity index (χ1n) is 3.02. The van der Waals surface area contributed by atoms with Crippen molar-refractivity contribution in [1.29, 1.82) is 0 Å². The maximum Gasteiger partial charge on any atom is 0.176 e. The number of alkyl halides is 1. The van der Waals surface area contributed by atoms with Crippen LogP contribution in [0, 0.1) is 11.8 Å². The maximum absolute atomic E-state index is 5.41. The molecule has 2 heteroatoms. The molecule has 0 amide bonds. The van der Waals surface area contributed by atoms with Crippen LogP contribution < -0.4 is 0 Å². The van der Waals surface area contributed by atoms with Crippen LogP contribution in [0.15, 0.2) is 22.8 Å². The van der Waals surface area contributed by atoms with E-state index >= 15 is 0 Å². The summed E-state index contributed by atoms with van der Waals surface area (Å²) in [5.41, 5.74) is 0. The number of hydrogen-bond donors (Lipinski definition) is 0. The standard InChI is InChI=1S/C8H7ClO/c9-6-2-1-4-8-5-3-7-10-8/h3,5,7H,2,6H2. The normalized spacial score (nSPS) is 8.50. The van der Waals surface area contributed by atoms with Crippen molar-refractivity contribution in [3.05, 3.63) is 24.2 Å². The molecular formula is C8H7ClO. The van der Waals surface area contributed by atoms with Gasteiger partial charge >= 0.3 is 0 Å². The van der Waals surface area contributed by atoms with Gasteiger partial charge in [0.1, 0.15) is 0 Å². The van der Waals surface area contributed by atoms with Gasteiger partial charge in [0.2, 0.25) is 0 Å². The van der Waals surface area contributed by atoms with Crippen molar-refractivity contribution >= 4 is 11.6 Å². The summed E-state index contributed by atoms with van der Waals surface area (Å²) in [7, 11) is 0. The van der Waals surface area contributed by atoms with Crippen LogP contribution in [0.1, 0.15) is 12.2 Å². The van der Waals surface area contributed by atoms with E-state index in [4.69, 9.17) is 16.0 Å². The molecule has 10 heavy (non-hydrogen) atoms. The number of halogens is 1. The molecule has 0 aromatic carbocycles. The Kier molecular flexibility index (Phi) is 2.92. The first-order valence-corrected chi connectivity index (χ1v) is 3.55. The van der Waals surface area contributed by atoms with E-state index < -0.39 is 0 Å². The maximum atomic E-state index is 5.41. The van der Waals surface area contributed by atoms with Crippen molar-refractivity contribution in [2.75, 3.05) is 5.88 Å². The minimum atomic E-state index is 0.577. The quantitative estimate of drug-likeness (QED) is 0.447. The van der Waals surface area contributed by atoms with Crippen LogP contribution >= 0.6 is 11.6 Å². The zero-order chi connectivity index (χ0) is 7.23. The zero-order valence-corrected chi connectivity index (χ0v) is 6.19. The highest BCUT2D eigenvalue weighted by molar-refractivity contribution is 6.18. The van der Waals surface area contributed by atoms with Crippen molar-refractivity contribution in [2.45, 2.75) is 6.42 Å². The lowest BCUT2D eigenvalue weighted by Gasteiger charge is -1.76. The third-order valence-electron chi connectivity index (χ3n) is 0.952. The van der Waals surface area contributed by atoms with Gasteiger partial charge in [-0.25, -0.2) is 0 Å². The van der Waals surface area contributed by atoms with Crippen LogP contribution in [0.5, 0.6) is 0 Å². The first-order chi connectivity index (χ1) is 4.93. The molecule has 0 aliphatic carbocycles. The summed E-state index contributed by atoms with van der Waals surface area (Å²) in [4.78, 5) is 0. The Morgan fingerprint density at radius 1 is 1.60 bits per heavy atom. The van der Waals surface area contributed by atoms with Crippen molar-refractivity contribution in [3.8, 4) is 11.8 Å².